The monoisotopic (exact) mass is 953 g/mol. The van der Waals surface area contributed by atoms with Crippen LogP contribution in [0.3, 0.4) is 0 Å². The third-order valence-electron chi connectivity index (χ3n) is 13.1. The first-order chi connectivity index (χ1) is 33.5. The van der Waals surface area contributed by atoms with Crippen LogP contribution >= 0.6 is 0 Å². The number of rotatable bonds is 54. The van der Waals surface area contributed by atoms with Crippen molar-refractivity contribution in [3.05, 3.63) is 48.6 Å². The number of esters is 3. The van der Waals surface area contributed by atoms with Gasteiger partial charge in [-0.2, -0.15) is 0 Å². The van der Waals surface area contributed by atoms with Gasteiger partial charge in [0.25, 0.3) is 0 Å². The maximum absolute atomic E-state index is 12.7. The number of carbonyl (C=O) groups excluding carboxylic acids is 3. The molecule has 0 rings (SSSR count). The third-order valence-corrected chi connectivity index (χ3v) is 13.1. The summed E-state index contributed by atoms with van der Waals surface area (Å²) in [4.78, 5) is 37.7. The molecular formula is C62H112O6. The summed E-state index contributed by atoms with van der Waals surface area (Å²) in [5, 5.41) is 0. The lowest BCUT2D eigenvalue weighted by Crippen LogP contribution is -2.30. The molecule has 0 aliphatic carbocycles. The van der Waals surface area contributed by atoms with Gasteiger partial charge in [-0.25, -0.2) is 0 Å². The van der Waals surface area contributed by atoms with Crippen LogP contribution in [0.4, 0.5) is 0 Å². The smallest absolute Gasteiger partial charge is 0.306 e. The Morgan fingerprint density at radius 1 is 0.309 bits per heavy atom. The van der Waals surface area contributed by atoms with Crippen molar-refractivity contribution in [3.63, 3.8) is 0 Å². The summed E-state index contributed by atoms with van der Waals surface area (Å²) >= 11 is 0. The quantitative estimate of drug-likeness (QED) is 0.0262. The molecule has 68 heavy (non-hydrogen) atoms. The van der Waals surface area contributed by atoms with Gasteiger partial charge in [-0.3, -0.25) is 14.4 Å². The molecule has 1 unspecified atom stereocenters. The van der Waals surface area contributed by atoms with Crippen molar-refractivity contribution in [1.29, 1.82) is 0 Å². The SMILES string of the molecule is CC/C=C\C/C=C\C/C=C\C/C=C\CCCCCCCCCCCCCCCCCCCCCCCCC(=O)OCC(COC(=O)CCCCCCCC)OC(=O)CCCCCCCCCCC. The molecule has 6 nitrogen and oxygen atoms in total. The van der Waals surface area contributed by atoms with E-state index in [1.165, 1.54) is 186 Å². The fourth-order valence-electron chi connectivity index (χ4n) is 8.67. The van der Waals surface area contributed by atoms with Gasteiger partial charge < -0.3 is 14.2 Å². The molecule has 1 atom stereocenters. The van der Waals surface area contributed by atoms with E-state index in [4.69, 9.17) is 14.2 Å². The minimum atomic E-state index is -0.761. The summed E-state index contributed by atoms with van der Waals surface area (Å²) in [5.41, 5.74) is 0. The Bertz CT molecular complexity index is 1190. The molecule has 0 aliphatic rings. The maximum atomic E-state index is 12.7. The molecule has 0 bridgehead atoms. The fourth-order valence-corrected chi connectivity index (χ4v) is 8.67. The van der Waals surface area contributed by atoms with Crippen molar-refractivity contribution in [1.82, 2.24) is 0 Å². The lowest BCUT2D eigenvalue weighted by Gasteiger charge is -2.18. The van der Waals surface area contributed by atoms with Crippen LogP contribution < -0.4 is 0 Å². The predicted octanol–water partition coefficient (Wildman–Crippen LogP) is 19.8. The van der Waals surface area contributed by atoms with E-state index < -0.39 is 6.10 Å². The van der Waals surface area contributed by atoms with E-state index in [2.05, 4.69) is 69.4 Å². The van der Waals surface area contributed by atoms with Gasteiger partial charge in [0.2, 0.25) is 0 Å². The lowest BCUT2D eigenvalue weighted by atomic mass is 10.0. The number of allylic oxidation sites excluding steroid dienone is 8. The van der Waals surface area contributed by atoms with Gasteiger partial charge in [0.05, 0.1) is 0 Å². The molecule has 6 heteroatoms. The van der Waals surface area contributed by atoms with Gasteiger partial charge in [0.15, 0.2) is 6.10 Å². The van der Waals surface area contributed by atoms with E-state index in [-0.39, 0.29) is 31.1 Å². The van der Waals surface area contributed by atoms with Crippen LogP contribution in [0, 0.1) is 0 Å². The molecule has 0 heterocycles. The van der Waals surface area contributed by atoms with Crippen molar-refractivity contribution in [2.75, 3.05) is 13.2 Å². The molecule has 0 aromatic heterocycles. The van der Waals surface area contributed by atoms with Crippen molar-refractivity contribution in [3.8, 4) is 0 Å². The molecule has 0 fully saturated rings. The minimum absolute atomic E-state index is 0.0670. The van der Waals surface area contributed by atoms with Crippen molar-refractivity contribution < 1.29 is 28.6 Å². The first-order valence-corrected chi connectivity index (χ1v) is 29.6. The number of hydrogen-bond donors (Lipinski definition) is 0. The summed E-state index contributed by atoms with van der Waals surface area (Å²) in [5.74, 6) is -0.866. The summed E-state index contributed by atoms with van der Waals surface area (Å²) < 4.78 is 16.7. The van der Waals surface area contributed by atoms with E-state index in [1.807, 2.05) is 0 Å². The normalized spacial score (nSPS) is 12.3. The number of ether oxygens (including phenoxy) is 3. The number of hydrogen-bond acceptors (Lipinski definition) is 6. The van der Waals surface area contributed by atoms with E-state index in [1.54, 1.807) is 0 Å². The Kier molecular flexibility index (Phi) is 54.8. The molecule has 0 saturated heterocycles. The Balaban J connectivity index is 3.80. The standard InChI is InChI=1S/C62H112O6/c1-4-7-10-13-16-18-19-20-21-22-23-24-25-26-27-28-29-30-31-32-33-34-35-36-37-38-39-40-41-42-43-45-46-49-52-55-61(64)67-58-59(57-66-60(63)54-51-48-15-12-9-6-3)68-62(65)56-53-50-47-44-17-14-11-8-5-2/h7,10,16,18,20-21,23-24,59H,4-6,8-9,11-15,17,19,22,25-58H2,1-3H3/b10-7-,18-16-,21-20-,24-23-. The van der Waals surface area contributed by atoms with Crippen LogP contribution in [0.15, 0.2) is 48.6 Å². The molecule has 0 aromatic carbocycles. The largest absolute Gasteiger partial charge is 0.462 e. The number of carbonyl (C=O) groups is 3. The Hall–Kier alpha value is -2.63. The Morgan fingerprint density at radius 2 is 0.574 bits per heavy atom. The third kappa shape index (κ3) is 54.3. The summed E-state index contributed by atoms with van der Waals surface area (Å²) in [6.45, 7) is 6.47. The second-order valence-corrected chi connectivity index (χ2v) is 19.9. The second-order valence-electron chi connectivity index (χ2n) is 19.9. The molecule has 396 valence electrons. The Labute approximate surface area is 422 Å². The topological polar surface area (TPSA) is 78.9 Å². The molecule has 0 N–H and O–H groups in total. The lowest BCUT2D eigenvalue weighted by molar-refractivity contribution is -0.167. The zero-order valence-corrected chi connectivity index (χ0v) is 45.4. The van der Waals surface area contributed by atoms with Crippen LogP contribution in [0.5, 0.6) is 0 Å². The maximum Gasteiger partial charge on any atom is 0.306 e. The second kappa shape index (κ2) is 57.0. The zero-order chi connectivity index (χ0) is 49.3. The zero-order valence-electron chi connectivity index (χ0n) is 45.4. The summed E-state index contributed by atoms with van der Waals surface area (Å²) in [6, 6.07) is 0. The highest BCUT2D eigenvalue weighted by molar-refractivity contribution is 5.71. The fraction of sp³-hybridized carbons (Fsp3) is 0.823. The predicted molar refractivity (Wildman–Crippen MR) is 293 cm³/mol. The average Bonchev–Trinajstić information content (AvgIpc) is 3.34. The van der Waals surface area contributed by atoms with E-state index in [9.17, 15) is 14.4 Å². The molecule has 0 amide bonds. The van der Waals surface area contributed by atoms with Gasteiger partial charge >= 0.3 is 17.9 Å². The first kappa shape index (κ1) is 65.4. The highest BCUT2D eigenvalue weighted by Crippen LogP contribution is 2.17. The van der Waals surface area contributed by atoms with Crippen LogP contribution in [-0.4, -0.2) is 37.2 Å². The van der Waals surface area contributed by atoms with E-state index >= 15 is 0 Å². The highest BCUT2D eigenvalue weighted by atomic mass is 16.6. The van der Waals surface area contributed by atoms with Crippen molar-refractivity contribution >= 4 is 17.9 Å². The molecule has 0 aromatic rings. The van der Waals surface area contributed by atoms with Crippen molar-refractivity contribution in [2.24, 2.45) is 0 Å². The average molecular weight is 954 g/mol. The summed E-state index contributed by atoms with van der Waals surface area (Å²) in [6.07, 6.45) is 70.4. The molecule has 0 aliphatic heterocycles. The Morgan fingerprint density at radius 3 is 0.897 bits per heavy atom. The van der Waals surface area contributed by atoms with Crippen LogP contribution in [0.2, 0.25) is 0 Å². The molecule has 0 saturated carbocycles. The molecular weight excluding hydrogens is 841 g/mol. The number of unbranched alkanes of at least 4 members (excludes halogenated alkanes) is 35. The first-order valence-electron chi connectivity index (χ1n) is 29.6. The van der Waals surface area contributed by atoms with Crippen LogP contribution in [-0.2, 0) is 28.6 Å². The van der Waals surface area contributed by atoms with Gasteiger partial charge in [-0.15, -0.1) is 0 Å². The van der Waals surface area contributed by atoms with Crippen molar-refractivity contribution in [2.45, 2.75) is 316 Å². The molecule has 0 spiro atoms. The van der Waals surface area contributed by atoms with Gasteiger partial charge in [-0.1, -0.05) is 281 Å². The summed E-state index contributed by atoms with van der Waals surface area (Å²) in [7, 11) is 0. The van der Waals surface area contributed by atoms with Crippen LogP contribution in [0.25, 0.3) is 0 Å². The van der Waals surface area contributed by atoms with Crippen LogP contribution in [0.1, 0.15) is 310 Å². The van der Waals surface area contributed by atoms with Gasteiger partial charge in [-0.05, 0) is 57.8 Å². The molecule has 0 radical (unpaired) electrons. The van der Waals surface area contributed by atoms with E-state index in [0.29, 0.717) is 19.3 Å². The van der Waals surface area contributed by atoms with E-state index in [0.717, 1.165) is 83.5 Å². The van der Waals surface area contributed by atoms with Gasteiger partial charge in [0, 0.05) is 19.3 Å². The minimum Gasteiger partial charge on any atom is -0.462 e. The van der Waals surface area contributed by atoms with Gasteiger partial charge in [0.1, 0.15) is 13.2 Å². The highest BCUT2D eigenvalue weighted by Gasteiger charge is 2.19.